The second-order valence-electron chi connectivity index (χ2n) is 1.14. The maximum absolute atomic E-state index is 10.5. The molecule has 0 rings (SSSR count). The van der Waals surface area contributed by atoms with Gasteiger partial charge in [-0.25, -0.2) is 0 Å². The number of hydrogen-bond donors (Lipinski definition) is 0. The molecule has 0 spiro atoms. The highest BCUT2D eigenvalue weighted by atomic mass is 31.2. The molecule has 8 heavy (non-hydrogen) atoms. The summed E-state index contributed by atoms with van der Waals surface area (Å²) in [5.41, 5.74) is 0. The molecule has 3 nitrogen and oxygen atoms in total. The van der Waals surface area contributed by atoms with E-state index in [4.69, 9.17) is 0 Å². The van der Waals surface area contributed by atoms with E-state index < -0.39 is 7.60 Å². The lowest BCUT2D eigenvalue weighted by Crippen LogP contribution is -1.82. The lowest BCUT2D eigenvalue weighted by Gasteiger charge is -2.04. The smallest absolute Gasteiger partial charge is 0.312 e. The molecule has 0 atom stereocenters. The molecule has 0 aromatic heterocycles. The summed E-state index contributed by atoms with van der Waals surface area (Å²) in [4.78, 5) is 0. The van der Waals surface area contributed by atoms with Crippen molar-refractivity contribution >= 4 is 25.0 Å². The molecule has 0 amide bonds. The van der Waals surface area contributed by atoms with Crippen molar-refractivity contribution in [2.45, 2.75) is 0 Å². The highest BCUT2D eigenvalue weighted by Gasteiger charge is 2.08. The summed E-state index contributed by atoms with van der Waals surface area (Å²) in [6.07, 6.45) is 0. The van der Waals surface area contributed by atoms with Crippen LogP contribution in [0.15, 0.2) is 0 Å². The first kappa shape index (κ1) is 11.5. The maximum Gasteiger partial charge on any atom is 0.327 e. The molecule has 0 radical (unpaired) electrons. The van der Waals surface area contributed by atoms with Gasteiger partial charge in [0.15, 0.2) is 17.4 Å². The maximum atomic E-state index is 10.5. The number of rotatable bonds is 2. The molecule has 0 unspecified atom stereocenters. The molecule has 0 fully saturated rings. The minimum atomic E-state index is -2.65. The van der Waals surface area contributed by atoms with E-state index in [9.17, 15) is 4.57 Å². The molecule has 0 N–H and O–H groups in total. The van der Waals surface area contributed by atoms with Crippen LogP contribution in [0, 0.1) is 0 Å². The van der Waals surface area contributed by atoms with Gasteiger partial charge in [0.05, 0.1) is 0 Å². The SMILES string of the molecule is COP(C)(=O)OC.[AlH3]. The monoisotopic (exact) mass is 154 g/mol. The Morgan fingerprint density at radius 2 is 1.50 bits per heavy atom. The molecule has 5 heteroatoms. The molecule has 0 aliphatic rings. The van der Waals surface area contributed by atoms with Crippen molar-refractivity contribution in [3.05, 3.63) is 0 Å². The lowest BCUT2D eigenvalue weighted by molar-refractivity contribution is 0.282. The zero-order chi connectivity index (χ0) is 5.91. The first-order valence-electron chi connectivity index (χ1n) is 1.81. The molecule has 0 heterocycles. The van der Waals surface area contributed by atoms with Crippen molar-refractivity contribution in [3.8, 4) is 0 Å². The average Bonchev–Trinajstić information content (AvgIpc) is 1.68. The first-order chi connectivity index (χ1) is 3.12. The van der Waals surface area contributed by atoms with Crippen molar-refractivity contribution in [3.63, 3.8) is 0 Å². The summed E-state index contributed by atoms with van der Waals surface area (Å²) in [6, 6.07) is 0. The molecule has 0 aliphatic carbocycles. The second kappa shape index (κ2) is 4.55. The van der Waals surface area contributed by atoms with E-state index in [-0.39, 0.29) is 17.4 Å². The Morgan fingerprint density at radius 1 is 1.25 bits per heavy atom. The van der Waals surface area contributed by atoms with Gasteiger partial charge in [0.25, 0.3) is 0 Å². The fraction of sp³-hybridized carbons (Fsp3) is 1.00. The van der Waals surface area contributed by atoms with Crippen molar-refractivity contribution in [1.29, 1.82) is 0 Å². The Hall–Kier alpha value is 0.682. The van der Waals surface area contributed by atoms with Crippen molar-refractivity contribution in [2.75, 3.05) is 20.9 Å². The Bertz CT molecular complexity index is 86.5. The predicted octanol–water partition coefficient (Wildman–Crippen LogP) is -0.0818. The Morgan fingerprint density at radius 3 is 1.50 bits per heavy atom. The molecule has 0 aliphatic heterocycles. The van der Waals surface area contributed by atoms with Gasteiger partial charge < -0.3 is 9.05 Å². The van der Waals surface area contributed by atoms with Crippen LogP contribution in [-0.2, 0) is 13.6 Å². The third-order valence-corrected chi connectivity index (χ3v) is 1.99. The predicted molar refractivity (Wildman–Crippen MR) is 37.5 cm³/mol. The fourth-order valence-electron chi connectivity index (χ4n) is 0.0745. The Labute approximate surface area is 60.0 Å². The summed E-state index contributed by atoms with van der Waals surface area (Å²) < 4.78 is 19.3. The number of hydrogen-bond acceptors (Lipinski definition) is 3. The third-order valence-electron chi connectivity index (χ3n) is 0.663. The van der Waals surface area contributed by atoms with E-state index in [1.807, 2.05) is 0 Å². The van der Waals surface area contributed by atoms with Gasteiger partial charge in [-0.3, -0.25) is 4.57 Å². The van der Waals surface area contributed by atoms with Crippen LogP contribution in [0.1, 0.15) is 0 Å². The fourth-order valence-corrected chi connectivity index (χ4v) is 0.224. The topological polar surface area (TPSA) is 35.5 Å². The lowest BCUT2D eigenvalue weighted by atomic mass is 11.8. The zero-order valence-corrected chi connectivity index (χ0v) is 5.57. The van der Waals surface area contributed by atoms with Crippen LogP contribution in [0.4, 0.5) is 0 Å². The van der Waals surface area contributed by atoms with Gasteiger partial charge in [0.2, 0.25) is 0 Å². The minimum absolute atomic E-state index is 0. The van der Waals surface area contributed by atoms with E-state index in [0.29, 0.717) is 0 Å². The average molecular weight is 154 g/mol. The molecule has 50 valence electrons. The standard InChI is InChI=1S/C3H9O3P.Al.3H/c1-5-7(3,4)6-2;;;;/h1-3H3;;;;. The van der Waals surface area contributed by atoms with Gasteiger partial charge >= 0.3 is 7.60 Å². The Balaban J connectivity index is 0. The second-order valence-corrected chi connectivity index (χ2v) is 3.41. The van der Waals surface area contributed by atoms with Crippen LogP contribution in [0.5, 0.6) is 0 Å². The van der Waals surface area contributed by atoms with E-state index in [1.54, 1.807) is 0 Å². The quantitative estimate of drug-likeness (QED) is 0.412. The van der Waals surface area contributed by atoms with Crippen LogP contribution >= 0.6 is 7.60 Å². The van der Waals surface area contributed by atoms with E-state index in [0.717, 1.165) is 0 Å². The highest BCUT2D eigenvalue weighted by Crippen LogP contribution is 2.40. The van der Waals surface area contributed by atoms with Crippen molar-refractivity contribution in [1.82, 2.24) is 0 Å². The molecular formula is C3H12AlO3P. The molecule has 0 saturated heterocycles. The summed E-state index contributed by atoms with van der Waals surface area (Å²) in [6.45, 7) is 1.41. The van der Waals surface area contributed by atoms with Gasteiger partial charge in [0.1, 0.15) is 0 Å². The van der Waals surface area contributed by atoms with Gasteiger partial charge in [-0.2, -0.15) is 0 Å². The van der Waals surface area contributed by atoms with Gasteiger partial charge in [-0.15, -0.1) is 0 Å². The largest absolute Gasteiger partial charge is 0.327 e. The summed E-state index contributed by atoms with van der Waals surface area (Å²) in [5.74, 6) is 0. The van der Waals surface area contributed by atoms with Crippen molar-refractivity contribution in [2.24, 2.45) is 0 Å². The zero-order valence-electron chi connectivity index (χ0n) is 4.67. The van der Waals surface area contributed by atoms with Crippen LogP contribution in [0.3, 0.4) is 0 Å². The minimum Gasteiger partial charge on any atom is -0.312 e. The summed E-state index contributed by atoms with van der Waals surface area (Å²) in [7, 11) is 0.0486. The van der Waals surface area contributed by atoms with Crippen LogP contribution in [-0.4, -0.2) is 38.2 Å². The molecule has 0 aromatic rings. The van der Waals surface area contributed by atoms with E-state index >= 15 is 0 Å². The van der Waals surface area contributed by atoms with Crippen LogP contribution in [0.25, 0.3) is 0 Å². The molecule has 0 bridgehead atoms. The normalized spacial score (nSPS) is 10.4. The van der Waals surface area contributed by atoms with Gasteiger partial charge in [0, 0.05) is 20.9 Å². The van der Waals surface area contributed by atoms with E-state index in [2.05, 4.69) is 9.05 Å². The van der Waals surface area contributed by atoms with Crippen molar-refractivity contribution < 1.29 is 13.6 Å². The first-order valence-corrected chi connectivity index (χ1v) is 3.80. The molecular weight excluding hydrogens is 142 g/mol. The Kier molecular flexibility index (Phi) is 6.53. The highest BCUT2D eigenvalue weighted by molar-refractivity contribution is 7.52. The molecule has 0 aromatic carbocycles. The summed E-state index contributed by atoms with van der Waals surface area (Å²) >= 11 is 0. The van der Waals surface area contributed by atoms with E-state index in [1.165, 1.54) is 20.9 Å². The molecule has 0 saturated carbocycles. The summed E-state index contributed by atoms with van der Waals surface area (Å²) in [5, 5.41) is 0. The van der Waals surface area contributed by atoms with Gasteiger partial charge in [-0.05, 0) is 0 Å². The van der Waals surface area contributed by atoms with Crippen LogP contribution < -0.4 is 0 Å². The van der Waals surface area contributed by atoms with Gasteiger partial charge in [-0.1, -0.05) is 0 Å². The third kappa shape index (κ3) is 4.83. The van der Waals surface area contributed by atoms with Crippen LogP contribution in [0.2, 0.25) is 0 Å².